The van der Waals surface area contributed by atoms with Gasteiger partial charge < -0.3 is 22.1 Å². The van der Waals surface area contributed by atoms with Crippen LogP contribution < -0.4 is 22.1 Å². The van der Waals surface area contributed by atoms with Crippen LogP contribution >= 0.6 is 0 Å². The van der Waals surface area contributed by atoms with Gasteiger partial charge in [-0.25, -0.2) is 0 Å². The van der Waals surface area contributed by atoms with Gasteiger partial charge >= 0.3 is 0 Å². The molecule has 0 aromatic carbocycles. The number of likely N-dealkylation sites (tertiary alicyclic amines) is 1. The highest BCUT2D eigenvalue weighted by atomic mass is 16.2. The lowest BCUT2D eigenvalue weighted by Gasteiger charge is -2.29. The van der Waals surface area contributed by atoms with Gasteiger partial charge in [-0.3, -0.25) is 24.3 Å². The lowest BCUT2D eigenvalue weighted by molar-refractivity contribution is -0.117. The summed E-state index contributed by atoms with van der Waals surface area (Å²) >= 11 is 0. The maximum absolute atomic E-state index is 12.0. The highest BCUT2D eigenvalue weighted by Gasteiger charge is 2.18. The SMILES string of the molecule is CNc1cc(NC(=O)CN2CCC(C)CC2)cnc1C.Cn1cc(-c2ccc(/C(N)=C/N)nc2)cn1. The smallest absolute Gasteiger partial charge is 0.238 e. The molecule has 10 nitrogen and oxygen atoms in total. The summed E-state index contributed by atoms with van der Waals surface area (Å²) < 4.78 is 1.75. The normalized spacial score (nSPS) is 14.6. The zero-order valence-electron chi connectivity index (χ0n) is 21.5. The van der Waals surface area contributed by atoms with E-state index < -0.39 is 0 Å². The molecule has 0 atom stereocenters. The average Bonchev–Trinajstić information content (AvgIpc) is 3.32. The van der Waals surface area contributed by atoms with Crippen molar-refractivity contribution in [2.45, 2.75) is 26.7 Å². The van der Waals surface area contributed by atoms with Crippen molar-refractivity contribution in [3.63, 3.8) is 0 Å². The summed E-state index contributed by atoms with van der Waals surface area (Å²) in [6.45, 7) is 6.71. The fourth-order valence-corrected chi connectivity index (χ4v) is 3.87. The number of pyridine rings is 2. The number of piperidine rings is 1. The molecule has 0 bridgehead atoms. The van der Waals surface area contributed by atoms with Crippen LogP contribution in [-0.2, 0) is 11.8 Å². The Hall–Kier alpha value is -3.92. The van der Waals surface area contributed by atoms with Crippen molar-refractivity contribution in [3.8, 4) is 11.1 Å². The third-order valence-corrected chi connectivity index (χ3v) is 6.16. The molecule has 0 spiro atoms. The molecule has 0 radical (unpaired) electrons. The minimum Gasteiger partial charge on any atom is -0.403 e. The summed E-state index contributed by atoms with van der Waals surface area (Å²) in [4.78, 5) is 22.8. The highest BCUT2D eigenvalue weighted by molar-refractivity contribution is 5.92. The maximum atomic E-state index is 12.0. The molecule has 3 aromatic heterocycles. The van der Waals surface area contributed by atoms with E-state index in [1.165, 1.54) is 19.0 Å². The van der Waals surface area contributed by atoms with Crippen molar-refractivity contribution < 1.29 is 4.79 Å². The number of aryl methyl sites for hydroxylation is 2. The lowest BCUT2D eigenvalue weighted by atomic mass is 9.99. The van der Waals surface area contributed by atoms with E-state index in [2.05, 4.69) is 37.5 Å². The number of carbonyl (C=O) groups is 1. The van der Waals surface area contributed by atoms with Crippen molar-refractivity contribution in [1.29, 1.82) is 0 Å². The molecule has 4 heterocycles. The Morgan fingerprint density at radius 2 is 1.92 bits per heavy atom. The standard InChI is InChI=1S/C15H24N4O.C11H13N5/c1-11-4-6-19(7-5-11)10-15(20)18-13-8-14(16-3)12(2)17-9-13;1-16-7-9(6-15-16)8-2-3-11(14-5-8)10(13)4-12/h8-9,11,16H,4-7,10H2,1-3H3,(H,18,20);2-7H,12-13H2,1H3/b;10-4-. The van der Waals surface area contributed by atoms with E-state index >= 15 is 0 Å². The number of nitrogens with zero attached hydrogens (tertiary/aromatic N) is 5. The number of anilines is 2. The molecule has 10 heteroatoms. The van der Waals surface area contributed by atoms with E-state index in [-0.39, 0.29) is 5.91 Å². The molecule has 3 aromatic rings. The van der Waals surface area contributed by atoms with Gasteiger partial charge in [0, 0.05) is 43.8 Å². The van der Waals surface area contributed by atoms with Gasteiger partial charge in [0.15, 0.2) is 0 Å². The topological polar surface area (TPSA) is 140 Å². The number of amides is 1. The van der Waals surface area contributed by atoms with Gasteiger partial charge in [-0.1, -0.05) is 13.0 Å². The van der Waals surface area contributed by atoms with Crippen molar-refractivity contribution in [1.82, 2.24) is 24.6 Å². The number of hydrogen-bond acceptors (Lipinski definition) is 8. The van der Waals surface area contributed by atoms with Crippen LogP contribution in [0.15, 0.2) is 49.2 Å². The molecule has 0 saturated carbocycles. The van der Waals surface area contributed by atoms with Crippen LogP contribution in [0.2, 0.25) is 0 Å². The average molecular weight is 492 g/mol. The van der Waals surface area contributed by atoms with Crippen LogP contribution in [0.25, 0.3) is 16.8 Å². The van der Waals surface area contributed by atoms with E-state index in [0.717, 1.165) is 47.2 Å². The van der Waals surface area contributed by atoms with Gasteiger partial charge in [-0.15, -0.1) is 0 Å². The Balaban J connectivity index is 0.000000205. The van der Waals surface area contributed by atoms with Crippen LogP contribution in [0, 0.1) is 12.8 Å². The lowest BCUT2D eigenvalue weighted by Crippen LogP contribution is -2.38. The summed E-state index contributed by atoms with van der Waals surface area (Å²) in [5, 5.41) is 10.1. The molecule has 1 aliphatic rings. The largest absolute Gasteiger partial charge is 0.403 e. The molecule has 0 aliphatic carbocycles. The van der Waals surface area contributed by atoms with Crippen molar-refractivity contribution in [2.75, 3.05) is 37.3 Å². The minimum atomic E-state index is 0.0345. The first-order chi connectivity index (χ1) is 17.3. The van der Waals surface area contributed by atoms with Crippen LogP contribution in [0.5, 0.6) is 0 Å². The van der Waals surface area contributed by atoms with E-state index in [4.69, 9.17) is 11.5 Å². The van der Waals surface area contributed by atoms with E-state index in [1.54, 1.807) is 23.3 Å². The third-order valence-electron chi connectivity index (χ3n) is 6.16. The van der Waals surface area contributed by atoms with Crippen molar-refractivity contribution >= 4 is 23.0 Å². The predicted molar refractivity (Wildman–Crippen MR) is 145 cm³/mol. The summed E-state index contributed by atoms with van der Waals surface area (Å²) in [7, 11) is 3.73. The zero-order valence-corrected chi connectivity index (χ0v) is 21.5. The van der Waals surface area contributed by atoms with Crippen LogP contribution in [0.3, 0.4) is 0 Å². The van der Waals surface area contributed by atoms with Crippen molar-refractivity contribution in [2.24, 2.45) is 24.4 Å². The predicted octanol–water partition coefficient (Wildman–Crippen LogP) is 2.80. The Bertz CT molecular complexity index is 1160. The van der Waals surface area contributed by atoms with Crippen molar-refractivity contribution in [3.05, 3.63) is 60.6 Å². The number of nitrogens with two attached hydrogens (primary N) is 2. The Labute approximate surface area is 212 Å². The summed E-state index contributed by atoms with van der Waals surface area (Å²) in [5.74, 6) is 0.820. The summed E-state index contributed by atoms with van der Waals surface area (Å²) in [6.07, 6.45) is 10.9. The molecule has 6 N–H and O–H groups in total. The molecular weight excluding hydrogens is 454 g/mol. The van der Waals surface area contributed by atoms with Gasteiger partial charge in [-0.05, 0) is 50.9 Å². The molecule has 1 saturated heterocycles. The molecule has 1 fully saturated rings. The van der Waals surface area contributed by atoms with Gasteiger partial charge in [0.05, 0.1) is 47.4 Å². The molecule has 0 unspecified atom stereocenters. The first-order valence-electron chi connectivity index (χ1n) is 12.1. The maximum Gasteiger partial charge on any atom is 0.238 e. The van der Waals surface area contributed by atoms with Crippen LogP contribution in [0.4, 0.5) is 11.4 Å². The van der Waals surface area contributed by atoms with Gasteiger partial charge in [0.2, 0.25) is 5.91 Å². The minimum absolute atomic E-state index is 0.0345. The number of nitrogens with one attached hydrogen (secondary N) is 2. The van der Waals surface area contributed by atoms with Crippen LogP contribution in [-0.4, -0.2) is 57.2 Å². The number of carbonyl (C=O) groups excluding carboxylic acids is 1. The Morgan fingerprint density at radius 3 is 2.50 bits per heavy atom. The number of rotatable bonds is 6. The Morgan fingerprint density at radius 1 is 1.17 bits per heavy atom. The zero-order chi connectivity index (χ0) is 26.1. The number of hydrogen-bond donors (Lipinski definition) is 4. The highest BCUT2D eigenvalue weighted by Crippen LogP contribution is 2.19. The first kappa shape index (κ1) is 26.7. The third kappa shape index (κ3) is 7.54. The number of aromatic nitrogens is 4. The second-order valence-corrected chi connectivity index (χ2v) is 9.07. The monoisotopic (exact) mass is 491 g/mol. The van der Waals surface area contributed by atoms with Gasteiger partial charge in [0.25, 0.3) is 0 Å². The molecule has 192 valence electrons. The van der Waals surface area contributed by atoms with Gasteiger partial charge in [0.1, 0.15) is 0 Å². The molecule has 4 rings (SSSR count). The van der Waals surface area contributed by atoms with E-state index in [1.807, 2.05) is 45.4 Å². The van der Waals surface area contributed by atoms with Crippen LogP contribution in [0.1, 0.15) is 31.2 Å². The van der Waals surface area contributed by atoms with E-state index in [0.29, 0.717) is 17.9 Å². The molecular formula is C26H37N9O. The second-order valence-electron chi connectivity index (χ2n) is 9.07. The summed E-state index contributed by atoms with van der Waals surface area (Å²) in [6, 6.07) is 5.69. The van der Waals surface area contributed by atoms with Gasteiger partial charge in [-0.2, -0.15) is 5.10 Å². The summed E-state index contributed by atoms with van der Waals surface area (Å²) in [5.41, 5.74) is 16.7. The quantitative estimate of drug-likeness (QED) is 0.413. The molecule has 1 aliphatic heterocycles. The molecule has 1 amide bonds. The fraction of sp³-hybridized carbons (Fsp3) is 0.385. The van der Waals surface area contributed by atoms with E-state index in [9.17, 15) is 4.79 Å². The Kier molecular flexibility index (Phi) is 9.40. The second kappa shape index (κ2) is 12.7. The fourth-order valence-electron chi connectivity index (χ4n) is 3.87. The first-order valence-corrected chi connectivity index (χ1v) is 12.1. The molecule has 36 heavy (non-hydrogen) atoms.